The molecule has 1 saturated heterocycles. The topological polar surface area (TPSA) is 75.0 Å². The third-order valence-corrected chi connectivity index (χ3v) is 7.89. The number of rotatable bonds is 9. The average molecular weight is 547 g/mol. The lowest BCUT2D eigenvalue weighted by Gasteiger charge is -2.36. The monoisotopic (exact) mass is 546 g/mol. The first-order valence-corrected chi connectivity index (χ1v) is 14.6. The Kier molecular flexibility index (Phi) is 8.02. The highest BCUT2D eigenvalue weighted by molar-refractivity contribution is 5.88. The van der Waals surface area contributed by atoms with Crippen LogP contribution in [0.2, 0.25) is 0 Å². The number of piperazine rings is 1. The highest BCUT2D eigenvalue weighted by Gasteiger charge is 2.20. The molecular formula is C33H38N8. The van der Waals surface area contributed by atoms with Gasteiger partial charge in [-0.25, -0.2) is 4.68 Å². The summed E-state index contributed by atoms with van der Waals surface area (Å²) in [6.07, 6.45) is 1.93. The molecule has 5 aromatic rings. The van der Waals surface area contributed by atoms with E-state index in [1.54, 1.807) is 0 Å². The maximum absolute atomic E-state index is 4.84. The second kappa shape index (κ2) is 12.2. The van der Waals surface area contributed by atoms with E-state index >= 15 is 0 Å². The SMILES string of the molecule is Cc1cccc(-c2c(-c3ccc4ncc(NCCN5CCN(C(C)C)CC5)cc4c3)nnn2Cc2ccccc2)n1. The molecule has 1 fully saturated rings. The van der Waals surface area contributed by atoms with Crippen LogP contribution in [0.4, 0.5) is 5.69 Å². The zero-order valence-corrected chi connectivity index (χ0v) is 24.2. The summed E-state index contributed by atoms with van der Waals surface area (Å²) in [7, 11) is 0. The number of fused-ring (bicyclic) bond motifs is 1. The van der Waals surface area contributed by atoms with Crippen molar-refractivity contribution in [3.05, 3.63) is 90.3 Å². The van der Waals surface area contributed by atoms with Gasteiger partial charge in [0.15, 0.2) is 0 Å². The molecule has 0 spiro atoms. The molecule has 0 aliphatic carbocycles. The zero-order valence-electron chi connectivity index (χ0n) is 24.2. The van der Waals surface area contributed by atoms with Gasteiger partial charge in [0.1, 0.15) is 11.4 Å². The van der Waals surface area contributed by atoms with Crippen LogP contribution in [0.15, 0.2) is 79.0 Å². The molecule has 0 saturated carbocycles. The second-order valence-corrected chi connectivity index (χ2v) is 11.1. The van der Waals surface area contributed by atoms with Crippen molar-refractivity contribution >= 4 is 16.6 Å². The van der Waals surface area contributed by atoms with Crippen LogP contribution in [0.5, 0.6) is 0 Å². The molecule has 1 aliphatic heterocycles. The first-order valence-electron chi connectivity index (χ1n) is 14.6. The molecule has 0 radical (unpaired) electrons. The molecule has 0 bridgehead atoms. The van der Waals surface area contributed by atoms with Gasteiger partial charge in [-0.1, -0.05) is 47.7 Å². The summed E-state index contributed by atoms with van der Waals surface area (Å²) >= 11 is 0. The van der Waals surface area contributed by atoms with Gasteiger partial charge in [-0.05, 0) is 56.7 Å². The smallest absolute Gasteiger partial charge is 0.122 e. The van der Waals surface area contributed by atoms with E-state index in [0.29, 0.717) is 12.6 Å². The lowest BCUT2D eigenvalue weighted by molar-refractivity contribution is 0.111. The molecule has 0 amide bonds. The summed E-state index contributed by atoms with van der Waals surface area (Å²) in [5, 5.41) is 13.9. The van der Waals surface area contributed by atoms with Crippen molar-refractivity contribution in [2.45, 2.75) is 33.4 Å². The summed E-state index contributed by atoms with van der Waals surface area (Å²) in [5.41, 5.74) is 7.71. The first kappa shape index (κ1) is 27.1. The van der Waals surface area contributed by atoms with Crippen LogP contribution < -0.4 is 5.32 Å². The molecule has 210 valence electrons. The van der Waals surface area contributed by atoms with Crippen molar-refractivity contribution in [2.75, 3.05) is 44.6 Å². The Balaban J connectivity index is 1.24. The van der Waals surface area contributed by atoms with Crippen molar-refractivity contribution in [3.63, 3.8) is 0 Å². The van der Waals surface area contributed by atoms with Crippen LogP contribution in [0, 0.1) is 6.92 Å². The Labute approximate surface area is 242 Å². The first-order chi connectivity index (χ1) is 20.0. The maximum atomic E-state index is 4.84. The van der Waals surface area contributed by atoms with Crippen LogP contribution in [0.3, 0.4) is 0 Å². The Morgan fingerprint density at radius 1 is 0.902 bits per heavy atom. The molecule has 2 aromatic carbocycles. The molecule has 0 unspecified atom stereocenters. The predicted molar refractivity (Wildman–Crippen MR) is 166 cm³/mol. The number of benzene rings is 2. The van der Waals surface area contributed by atoms with E-state index in [1.165, 1.54) is 0 Å². The van der Waals surface area contributed by atoms with Gasteiger partial charge in [0.25, 0.3) is 0 Å². The molecule has 3 aromatic heterocycles. The second-order valence-electron chi connectivity index (χ2n) is 11.1. The van der Waals surface area contributed by atoms with E-state index in [1.807, 2.05) is 54.2 Å². The molecule has 1 N–H and O–H groups in total. The lowest BCUT2D eigenvalue weighted by Crippen LogP contribution is -2.49. The van der Waals surface area contributed by atoms with Crippen LogP contribution in [0.1, 0.15) is 25.1 Å². The van der Waals surface area contributed by atoms with E-state index in [9.17, 15) is 0 Å². The van der Waals surface area contributed by atoms with Gasteiger partial charge >= 0.3 is 0 Å². The van der Waals surface area contributed by atoms with Gasteiger partial charge in [0.05, 0.1) is 29.6 Å². The zero-order chi connectivity index (χ0) is 28.2. The van der Waals surface area contributed by atoms with E-state index in [0.717, 1.165) is 89.8 Å². The van der Waals surface area contributed by atoms with E-state index in [-0.39, 0.29) is 0 Å². The van der Waals surface area contributed by atoms with Gasteiger partial charge in [0.2, 0.25) is 0 Å². The third kappa shape index (κ3) is 6.29. The molecule has 1 aliphatic rings. The molecule has 8 nitrogen and oxygen atoms in total. The summed E-state index contributed by atoms with van der Waals surface area (Å²) < 4.78 is 1.95. The number of aromatic nitrogens is 5. The summed E-state index contributed by atoms with van der Waals surface area (Å²) in [5.74, 6) is 0. The number of anilines is 1. The fourth-order valence-corrected chi connectivity index (χ4v) is 5.54. The van der Waals surface area contributed by atoms with Crippen LogP contribution in [-0.4, -0.2) is 80.1 Å². The Morgan fingerprint density at radius 3 is 2.51 bits per heavy atom. The highest BCUT2D eigenvalue weighted by Crippen LogP contribution is 2.32. The van der Waals surface area contributed by atoms with Gasteiger partial charge in [-0.3, -0.25) is 19.8 Å². The van der Waals surface area contributed by atoms with E-state index in [4.69, 9.17) is 9.97 Å². The van der Waals surface area contributed by atoms with E-state index < -0.39 is 0 Å². The fraction of sp³-hybridized carbons (Fsp3) is 0.333. The molecule has 0 atom stereocenters. The van der Waals surface area contributed by atoms with Crippen LogP contribution in [0.25, 0.3) is 33.5 Å². The van der Waals surface area contributed by atoms with Crippen molar-refractivity contribution in [3.8, 4) is 22.6 Å². The lowest BCUT2D eigenvalue weighted by atomic mass is 10.0. The number of hydrogen-bond acceptors (Lipinski definition) is 7. The fourth-order valence-electron chi connectivity index (χ4n) is 5.54. The van der Waals surface area contributed by atoms with Gasteiger partial charge in [0, 0.05) is 62.0 Å². The normalized spacial score (nSPS) is 14.6. The number of nitrogens with zero attached hydrogens (tertiary/aromatic N) is 7. The largest absolute Gasteiger partial charge is 0.382 e. The maximum Gasteiger partial charge on any atom is 0.122 e. The van der Waals surface area contributed by atoms with Crippen molar-refractivity contribution in [2.24, 2.45) is 0 Å². The Bertz CT molecular complexity index is 1600. The number of hydrogen-bond donors (Lipinski definition) is 1. The standard InChI is InChI=1S/C33H38N8/c1-24(2)40-18-16-39(17-19-40)15-14-34-29-21-28-20-27(12-13-30(28)35-22-29)32-33(31-11-7-8-25(3)36-31)41(38-37-32)23-26-9-5-4-6-10-26/h4-13,20-22,24,34H,14-19,23H2,1-3H3. The van der Waals surface area contributed by atoms with Crippen molar-refractivity contribution < 1.29 is 0 Å². The molecular weight excluding hydrogens is 508 g/mol. The Hall–Kier alpha value is -4.14. The minimum atomic E-state index is 0.620. The minimum absolute atomic E-state index is 0.620. The van der Waals surface area contributed by atoms with Gasteiger partial charge in [-0.2, -0.15) is 0 Å². The summed E-state index contributed by atoms with van der Waals surface area (Å²) in [6.45, 7) is 13.7. The third-order valence-electron chi connectivity index (χ3n) is 7.89. The number of aryl methyl sites for hydroxylation is 1. The predicted octanol–water partition coefficient (Wildman–Crippen LogP) is 5.35. The van der Waals surface area contributed by atoms with Crippen LogP contribution in [-0.2, 0) is 6.54 Å². The molecule has 8 heteroatoms. The van der Waals surface area contributed by atoms with Crippen molar-refractivity contribution in [1.29, 1.82) is 0 Å². The minimum Gasteiger partial charge on any atom is -0.382 e. The Morgan fingerprint density at radius 2 is 1.73 bits per heavy atom. The molecule has 4 heterocycles. The quantitative estimate of drug-likeness (QED) is 0.267. The molecule has 41 heavy (non-hydrogen) atoms. The number of pyridine rings is 2. The van der Waals surface area contributed by atoms with Gasteiger partial charge < -0.3 is 5.32 Å². The van der Waals surface area contributed by atoms with E-state index in [2.05, 4.69) is 75.7 Å². The van der Waals surface area contributed by atoms with Gasteiger partial charge in [-0.15, -0.1) is 5.10 Å². The number of nitrogens with one attached hydrogen (secondary N) is 1. The summed E-state index contributed by atoms with van der Waals surface area (Å²) in [6, 6.07) is 25.5. The van der Waals surface area contributed by atoms with Crippen LogP contribution >= 0.6 is 0 Å². The summed E-state index contributed by atoms with van der Waals surface area (Å²) in [4.78, 5) is 14.7. The van der Waals surface area contributed by atoms with Crippen molar-refractivity contribution in [1.82, 2.24) is 34.8 Å². The highest BCUT2D eigenvalue weighted by atomic mass is 15.4. The average Bonchev–Trinajstić information content (AvgIpc) is 3.41. The molecule has 6 rings (SSSR count).